The van der Waals surface area contributed by atoms with Crippen LogP contribution in [-0.2, 0) is 20.7 Å². The number of nitrogens with one attached hydrogen (secondary N) is 1. The summed E-state index contributed by atoms with van der Waals surface area (Å²) in [6, 6.07) is 13.1. The van der Waals surface area contributed by atoms with E-state index in [0.717, 1.165) is 22.4 Å². The van der Waals surface area contributed by atoms with Gasteiger partial charge >= 0.3 is 5.97 Å². The molecule has 0 saturated carbocycles. The zero-order valence-corrected chi connectivity index (χ0v) is 18.0. The van der Waals surface area contributed by atoms with E-state index in [1.165, 1.54) is 6.92 Å². The molecule has 0 aliphatic heterocycles. The Morgan fingerprint density at radius 1 is 0.967 bits per heavy atom. The third-order valence-corrected chi connectivity index (χ3v) is 4.93. The van der Waals surface area contributed by atoms with Gasteiger partial charge in [0, 0.05) is 18.5 Å². The largest absolute Gasteiger partial charge is 0.497 e. The predicted octanol–water partition coefficient (Wildman–Crippen LogP) is 3.57. The molecule has 1 amide bonds. The molecule has 1 N–H and O–H groups in total. The van der Waals surface area contributed by atoms with E-state index < -0.39 is 12.1 Å². The van der Waals surface area contributed by atoms with Gasteiger partial charge in [0.05, 0.1) is 13.5 Å². The maximum Gasteiger partial charge on any atom is 0.307 e. The Morgan fingerprint density at radius 3 is 2.30 bits per heavy atom. The number of ether oxygens (including phenoxy) is 2. The molecule has 0 bridgehead atoms. The van der Waals surface area contributed by atoms with Crippen LogP contribution in [-0.4, -0.2) is 37.4 Å². The zero-order chi connectivity index (χ0) is 22.1. The summed E-state index contributed by atoms with van der Waals surface area (Å²) in [7, 11) is 1.61. The molecule has 0 aliphatic rings. The number of carbonyl (C=O) groups excluding carboxylic acids is 3. The maximum atomic E-state index is 12.3. The first-order valence-corrected chi connectivity index (χ1v) is 10.0. The van der Waals surface area contributed by atoms with Crippen molar-refractivity contribution < 1.29 is 23.9 Å². The molecule has 2 aromatic rings. The number of ketones is 1. The topological polar surface area (TPSA) is 81.7 Å². The second-order valence-electron chi connectivity index (χ2n) is 7.24. The lowest BCUT2D eigenvalue weighted by Gasteiger charge is -2.13. The third-order valence-electron chi connectivity index (χ3n) is 4.93. The molecule has 0 radical (unpaired) electrons. The minimum Gasteiger partial charge on any atom is -0.497 e. The molecule has 0 aromatic heterocycles. The fraction of sp³-hybridized carbons (Fsp3) is 0.375. The van der Waals surface area contributed by atoms with E-state index in [1.54, 1.807) is 13.2 Å². The highest BCUT2D eigenvalue weighted by molar-refractivity contribution is 5.98. The van der Waals surface area contributed by atoms with Crippen LogP contribution in [0.1, 0.15) is 46.8 Å². The van der Waals surface area contributed by atoms with Gasteiger partial charge < -0.3 is 14.8 Å². The number of benzene rings is 2. The van der Waals surface area contributed by atoms with E-state index in [4.69, 9.17) is 9.47 Å². The summed E-state index contributed by atoms with van der Waals surface area (Å²) in [6.07, 6.45) is -0.270. The van der Waals surface area contributed by atoms with Crippen LogP contribution in [0, 0.1) is 13.8 Å². The standard InChI is InChI=1S/C24H29NO5/c1-16-5-8-20(15-17(16)2)22(26)11-12-23(27)30-18(3)24(28)25-14-13-19-6-9-21(29-4)10-7-19/h5-10,15,18H,11-14H2,1-4H3,(H,25,28). The van der Waals surface area contributed by atoms with E-state index in [0.29, 0.717) is 18.5 Å². The van der Waals surface area contributed by atoms with Crippen molar-refractivity contribution in [2.45, 2.75) is 46.1 Å². The zero-order valence-electron chi connectivity index (χ0n) is 18.0. The van der Waals surface area contributed by atoms with Crippen LogP contribution >= 0.6 is 0 Å². The lowest BCUT2D eigenvalue weighted by molar-refractivity contribution is -0.154. The van der Waals surface area contributed by atoms with Gasteiger partial charge in [0.15, 0.2) is 11.9 Å². The summed E-state index contributed by atoms with van der Waals surface area (Å²) in [4.78, 5) is 36.4. The molecule has 6 nitrogen and oxygen atoms in total. The molecular weight excluding hydrogens is 382 g/mol. The first-order valence-electron chi connectivity index (χ1n) is 10.0. The number of methoxy groups -OCH3 is 1. The number of Topliss-reactive ketones (excluding diaryl/α,β-unsaturated/α-hetero) is 1. The summed E-state index contributed by atoms with van der Waals surface area (Å²) >= 11 is 0. The quantitative estimate of drug-likeness (QED) is 0.477. The van der Waals surface area contributed by atoms with Gasteiger partial charge in [-0.25, -0.2) is 0 Å². The smallest absolute Gasteiger partial charge is 0.307 e. The van der Waals surface area contributed by atoms with Crippen molar-refractivity contribution in [1.29, 1.82) is 0 Å². The van der Waals surface area contributed by atoms with Gasteiger partial charge in [-0.1, -0.05) is 24.3 Å². The Hall–Kier alpha value is -3.15. The van der Waals surface area contributed by atoms with Crippen LogP contribution in [0.4, 0.5) is 0 Å². The molecule has 0 aliphatic carbocycles. The van der Waals surface area contributed by atoms with E-state index in [2.05, 4.69) is 5.32 Å². The minimum atomic E-state index is -0.912. The monoisotopic (exact) mass is 411 g/mol. The number of hydrogen-bond donors (Lipinski definition) is 1. The third kappa shape index (κ3) is 7.03. The highest BCUT2D eigenvalue weighted by Crippen LogP contribution is 2.13. The Kier molecular flexibility index (Phi) is 8.59. The fourth-order valence-electron chi connectivity index (χ4n) is 2.85. The van der Waals surface area contributed by atoms with Crippen LogP contribution in [0.3, 0.4) is 0 Å². The average Bonchev–Trinajstić information content (AvgIpc) is 2.74. The summed E-state index contributed by atoms with van der Waals surface area (Å²) in [5.74, 6) is -0.270. The normalized spacial score (nSPS) is 11.5. The van der Waals surface area contributed by atoms with Gasteiger partial charge in [-0.2, -0.15) is 0 Å². The average molecular weight is 411 g/mol. The molecule has 0 fully saturated rings. The maximum absolute atomic E-state index is 12.3. The number of carbonyl (C=O) groups is 3. The van der Waals surface area contributed by atoms with Crippen LogP contribution in [0.5, 0.6) is 5.75 Å². The molecule has 1 atom stereocenters. The van der Waals surface area contributed by atoms with Crippen molar-refractivity contribution in [3.63, 3.8) is 0 Å². The number of amides is 1. The second kappa shape index (κ2) is 11.1. The molecule has 160 valence electrons. The molecular formula is C24H29NO5. The van der Waals surface area contributed by atoms with Crippen LogP contribution in [0.25, 0.3) is 0 Å². The van der Waals surface area contributed by atoms with Crippen molar-refractivity contribution in [3.05, 3.63) is 64.7 Å². The van der Waals surface area contributed by atoms with E-state index in [-0.39, 0.29) is 24.5 Å². The van der Waals surface area contributed by atoms with Gasteiger partial charge in [0.1, 0.15) is 5.75 Å². The molecule has 1 unspecified atom stereocenters. The molecule has 6 heteroatoms. The van der Waals surface area contributed by atoms with Crippen molar-refractivity contribution in [3.8, 4) is 5.75 Å². The molecule has 0 saturated heterocycles. The second-order valence-corrected chi connectivity index (χ2v) is 7.24. The Morgan fingerprint density at radius 2 is 1.67 bits per heavy atom. The number of hydrogen-bond acceptors (Lipinski definition) is 5. The molecule has 2 rings (SSSR count). The van der Waals surface area contributed by atoms with Gasteiger partial charge in [-0.3, -0.25) is 14.4 Å². The van der Waals surface area contributed by atoms with Gasteiger partial charge in [-0.15, -0.1) is 0 Å². The fourth-order valence-corrected chi connectivity index (χ4v) is 2.85. The van der Waals surface area contributed by atoms with E-state index in [1.807, 2.05) is 50.2 Å². The lowest BCUT2D eigenvalue weighted by atomic mass is 10.0. The highest BCUT2D eigenvalue weighted by atomic mass is 16.5. The Bertz CT molecular complexity index is 889. The lowest BCUT2D eigenvalue weighted by Crippen LogP contribution is -2.36. The van der Waals surface area contributed by atoms with Crippen molar-refractivity contribution in [1.82, 2.24) is 5.32 Å². The minimum absolute atomic E-state index is 0.0488. The van der Waals surface area contributed by atoms with Crippen molar-refractivity contribution in [2.24, 2.45) is 0 Å². The van der Waals surface area contributed by atoms with Crippen molar-refractivity contribution >= 4 is 17.7 Å². The first kappa shape index (κ1) is 23.1. The predicted molar refractivity (Wildman–Crippen MR) is 115 cm³/mol. The molecule has 0 heterocycles. The van der Waals surface area contributed by atoms with Crippen LogP contribution in [0.15, 0.2) is 42.5 Å². The molecule has 2 aromatic carbocycles. The van der Waals surface area contributed by atoms with Gasteiger partial charge in [-0.05, 0) is 62.1 Å². The number of esters is 1. The highest BCUT2D eigenvalue weighted by Gasteiger charge is 2.18. The molecule has 30 heavy (non-hydrogen) atoms. The van der Waals surface area contributed by atoms with E-state index in [9.17, 15) is 14.4 Å². The van der Waals surface area contributed by atoms with Crippen LogP contribution < -0.4 is 10.1 Å². The SMILES string of the molecule is COc1ccc(CCNC(=O)C(C)OC(=O)CCC(=O)c2ccc(C)c(C)c2)cc1. The summed E-state index contributed by atoms with van der Waals surface area (Å²) < 4.78 is 10.3. The van der Waals surface area contributed by atoms with E-state index >= 15 is 0 Å². The summed E-state index contributed by atoms with van der Waals surface area (Å²) in [5, 5.41) is 2.75. The Balaban J connectivity index is 1.71. The summed E-state index contributed by atoms with van der Waals surface area (Å²) in [5.41, 5.74) is 3.78. The van der Waals surface area contributed by atoms with Crippen molar-refractivity contribution in [2.75, 3.05) is 13.7 Å². The van der Waals surface area contributed by atoms with Crippen LogP contribution in [0.2, 0.25) is 0 Å². The number of rotatable bonds is 10. The Labute approximate surface area is 177 Å². The van der Waals surface area contributed by atoms with Gasteiger partial charge in [0.2, 0.25) is 0 Å². The number of aryl methyl sites for hydroxylation is 2. The summed E-state index contributed by atoms with van der Waals surface area (Å²) in [6.45, 7) is 5.86. The first-order chi connectivity index (χ1) is 14.3. The van der Waals surface area contributed by atoms with Gasteiger partial charge in [0.25, 0.3) is 5.91 Å². The molecule has 0 spiro atoms.